The monoisotopic (exact) mass is 399 g/mol. The minimum atomic E-state index is -0.943. The minimum Gasteiger partial charge on any atom is -0.494 e. The van der Waals surface area contributed by atoms with Crippen LogP contribution in [0.4, 0.5) is 8.78 Å². The summed E-state index contributed by atoms with van der Waals surface area (Å²) in [5.41, 5.74) is 0.748. The van der Waals surface area contributed by atoms with Gasteiger partial charge in [0.2, 0.25) is 0 Å². The van der Waals surface area contributed by atoms with E-state index >= 15 is 0 Å². The predicted molar refractivity (Wildman–Crippen MR) is 104 cm³/mol. The maximum absolute atomic E-state index is 13.6. The molecule has 2 aromatic carbocycles. The fraction of sp³-hybridized carbons (Fsp3) is 0.190. The highest BCUT2D eigenvalue weighted by molar-refractivity contribution is 5.94. The molecular weight excluding hydrogens is 380 g/mol. The Bertz CT molecular complexity index is 1070. The SMILES string of the molecule is CCOc1ccc(-c2cc(=O)n(CCNC(=O)c3ccc(F)cc3F)cn2)cc1. The summed E-state index contributed by atoms with van der Waals surface area (Å²) in [6, 6.07) is 11.3. The van der Waals surface area contributed by atoms with Crippen LogP contribution < -0.4 is 15.6 Å². The molecule has 1 amide bonds. The lowest BCUT2D eigenvalue weighted by Gasteiger charge is -2.09. The van der Waals surface area contributed by atoms with Gasteiger partial charge in [-0.15, -0.1) is 0 Å². The van der Waals surface area contributed by atoms with Crippen LogP contribution in [0.15, 0.2) is 59.7 Å². The van der Waals surface area contributed by atoms with E-state index in [0.29, 0.717) is 18.4 Å². The van der Waals surface area contributed by atoms with Crippen molar-refractivity contribution in [3.8, 4) is 17.0 Å². The zero-order valence-electron chi connectivity index (χ0n) is 15.7. The summed E-state index contributed by atoms with van der Waals surface area (Å²) in [4.78, 5) is 28.6. The van der Waals surface area contributed by atoms with Crippen molar-refractivity contribution in [3.63, 3.8) is 0 Å². The number of halogens is 2. The molecule has 0 aliphatic rings. The van der Waals surface area contributed by atoms with E-state index < -0.39 is 17.5 Å². The quantitative estimate of drug-likeness (QED) is 0.663. The van der Waals surface area contributed by atoms with Crippen molar-refractivity contribution in [2.45, 2.75) is 13.5 Å². The maximum Gasteiger partial charge on any atom is 0.254 e. The third kappa shape index (κ3) is 5.04. The van der Waals surface area contributed by atoms with Crippen LogP contribution in [0, 0.1) is 11.6 Å². The first kappa shape index (κ1) is 20.2. The lowest BCUT2D eigenvalue weighted by atomic mass is 10.1. The molecule has 0 bridgehead atoms. The second kappa shape index (κ2) is 9.09. The molecule has 0 radical (unpaired) electrons. The fourth-order valence-corrected chi connectivity index (χ4v) is 2.70. The van der Waals surface area contributed by atoms with Crippen molar-refractivity contribution in [1.82, 2.24) is 14.9 Å². The number of nitrogens with zero attached hydrogens (tertiary/aromatic N) is 2. The molecule has 3 aromatic rings. The summed E-state index contributed by atoms with van der Waals surface area (Å²) in [6.07, 6.45) is 1.39. The van der Waals surface area contributed by atoms with Gasteiger partial charge in [0.1, 0.15) is 17.4 Å². The van der Waals surface area contributed by atoms with Gasteiger partial charge < -0.3 is 10.1 Å². The Kier molecular flexibility index (Phi) is 6.33. The molecule has 29 heavy (non-hydrogen) atoms. The number of nitrogens with one attached hydrogen (secondary N) is 1. The molecule has 1 N–H and O–H groups in total. The minimum absolute atomic E-state index is 0.0830. The van der Waals surface area contributed by atoms with Crippen LogP contribution >= 0.6 is 0 Å². The fourth-order valence-electron chi connectivity index (χ4n) is 2.70. The lowest BCUT2D eigenvalue weighted by molar-refractivity contribution is 0.0948. The molecule has 0 aliphatic heterocycles. The Labute approximate surface area is 165 Å². The predicted octanol–water partition coefficient (Wildman–Crippen LogP) is 3.02. The normalized spacial score (nSPS) is 10.6. The lowest BCUT2D eigenvalue weighted by Crippen LogP contribution is -2.31. The molecule has 3 rings (SSSR count). The average molecular weight is 399 g/mol. The van der Waals surface area contributed by atoms with E-state index in [4.69, 9.17) is 4.74 Å². The van der Waals surface area contributed by atoms with Gasteiger partial charge in [-0.2, -0.15) is 0 Å². The van der Waals surface area contributed by atoms with Crippen LogP contribution in [0.5, 0.6) is 5.75 Å². The molecular formula is C21H19F2N3O3. The number of hydrogen-bond donors (Lipinski definition) is 1. The molecule has 0 spiro atoms. The van der Waals surface area contributed by atoms with Crippen molar-refractivity contribution in [2.24, 2.45) is 0 Å². The number of hydrogen-bond acceptors (Lipinski definition) is 4. The van der Waals surface area contributed by atoms with Crippen molar-refractivity contribution in [1.29, 1.82) is 0 Å². The van der Waals surface area contributed by atoms with Crippen LogP contribution in [0.1, 0.15) is 17.3 Å². The van der Waals surface area contributed by atoms with Crippen molar-refractivity contribution < 1.29 is 18.3 Å². The molecule has 6 nitrogen and oxygen atoms in total. The van der Waals surface area contributed by atoms with E-state index in [1.54, 1.807) is 12.1 Å². The molecule has 0 aliphatic carbocycles. The van der Waals surface area contributed by atoms with Crippen molar-refractivity contribution >= 4 is 5.91 Å². The average Bonchev–Trinajstić information content (AvgIpc) is 2.70. The topological polar surface area (TPSA) is 73.2 Å². The van der Waals surface area contributed by atoms with E-state index in [2.05, 4.69) is 10.3 Å². The van der Waals surface area contributed by atoms with Crippen LogP contribution in [0.2, 0.25) is 0 Å². The van der Waals surface area contributed by atoms with Crippen molar-refractivity contribution in [3.05, 3.63) is 82.4 Å². The number of amides is 1. The number of aromatic nitrogens is 2. The number of carbonyl (C=O) groups is 1. The first-order chi connectivity index (χ1) is 14.0. The third-order valence-electron chi connectivity index (χ3n) is 4.15. The second-order valence-corrected chi connectivity index (χ2v) is 6.14. The molecule has 1 heterocycles. The summed E-state index contributed by atoms with van der Waals surface area (Å²) in [5, 5.41) is 2.50. The van der Waals surface area contributed by atoms with Gasteiger partial charge in [-0.05, 0) is 43.3 Å². The van der Waals surface area contributed by atoms with Gasteiger partial charge in [0.05, 0.1) is 24.2 Å². The van der Waals surface area contributed by atoms with E-state index in [0.717, 1.165) is 23.4 Å². The molecule has 0 atom stereocenters. The summed E-state index contributed by atoms with van der Waals surface area (Å²) in [6.45, 7) is 2.70. The number of benzene rings is 2. The van der Waals surface area contributed by atoms with E-state index in [-0.39, 0.29) is 24.2 Å². The Morgan fingerprint density at radius 2 is 1.90 bits per heavy atom. The van der Waals surface area contributed by atoms with Crippen molar-refractivity contribution in [2.75, 3.05) is 13.2 Å². The van der Waals surface area contributed by atoms with Gasteiger partial charge in [0.25, 0.3) is 11.5 Å². The molecule has 0 saturated carbocycles. The summed E-state index contributed by atoms with van der Waals surface area (Å²) >= 11 is 0. The van der Waals surface area contributed by atoms with Gasteiger partial charge in [0.15, 0.2) is 0 Å². The second-order valence-electron chi connectivity index (χ2n) is 6.14. The Balaban J connectivity index is 1.62. The van der Waals surface area contributed by atoms with E-state index in [1.807, 2.05) is 19.1 Å². The number of carbonyl (C=O) groups excluding carboxylic acids is 1. The maximum atomic E-state index is 13.6. The molecule has 150 valence electrons. The first-order valence-corrected chi connectivity index (χ1v) is 9.01. The van der Waals surface area contributed by atoms with Gasteiger partial charge in [-0.1, -0.05) is 0 Å². The van der Waals surface area contributed by atoms with E-state index in [1.165, 1.54) is 17.0 Å². The summed E-state index contributed by atoms with van der Waals surface area (Å²) < 4.78 is 33.2. The molecule has 1 aromatic heterocycles. The zero-order chi connectivity index (χ0) is 20.8. The zero-order valence-corrected chi connectivity index (χ0v) is 15.7. The van der Waals surface area contributed by atoms with Crippen LogP contribution in [0.25, 0.3) is 11.3 Å². The van der Waals surface area contributed by atoms with E-state index in [9.17, 15) is 18.4 Å². The third-order valence-corrected chi connectivity index (χ3v) is 4.15. The summed E-state index contributed by atoms with van der Waals surface area (Å²) in [5.74, 6) is -1.65. The number of ether oxygens (including phenoxy) is 1. The van der Waals surface area contributed by atoms with Gasteiger partial charge in [0, 0.05) is 30.8 Å². The first-order valence-electron chi connectivity index (χ1n) is 9.01. The highest BCUT2D eigenvalue weighted by Crippen LogP contribution is 2.19. The van der Waals surface area contributed by atoms with Gasteiger partial charge >= 0.3 is 0 Å². The largest absolute Gasteiger partial charge is 0.494 e. The van der Waals surface area contributed by atoms with Gasteiger partial charge in [-0.25, -0.2) is 13.8 Å². The number of rotatable bonds is 7. The molecule has 8 heteroatoms. The summed E-state index contributed by atoms with van der Waals surface area (Å²) in [7, 11) is 0. The highest BCUT2D eigenvalue weighted by atomic mass is 19.1. The molecule has 0 fully saturated rings. The molecule has 0 saturated heterocycles. The van der Waals surface area contributed by atoms with Crippen LogP contribution in [0.3, 0.4) is 0 Å². The standard InChI is InChI=1S/C21H19F2N3O3/c1-2-29-16-6-3-14(4-7-16)19-12-20(27)26(13-25-19)10-9-24-21(28)17-8-5-15(22)11-18(17)23/h3-8,11-13H,2,9-10H2,1H3,(H,24,28). The smallest absolute Gasteiger partial charge is 0.254 e. The Morgan fingerprint density at radius 1 is 1.14 bits per heavy atom. The highest BCUT2D eigenvalue weighted by Gasteiger charge is 2.12. The Morgan fingerprint density at radius 3 is 2.55 bits per heavy atom. The Hall–Kier alpha value is -3.55. The van der Waals surface area contributed by atoms with Gasteiger partial charge in [-0.3, -0.25) is 14.2 Å². The van der Waals surface area contributed by atoms with Crippen LogP contribution in [-0.4, -0.2) is 28.6 Å². The molecule has 0 unspecified atom stereocenters. The van der Waals surface area contributed by atoms with Crippen LogP contribution in [-0.2, 0) is 6.54 Å².